The molecule has 0 radical (unpaired) electrons. The Bertz CT molecular complexity index is 107. The van der Waals surface area contributed by atoms with Crippen LogP contribution in [0.1, 0.15) is 27.2 Å². The molecule has 12 heavy (non-hydrogen) atoms. The summed E-state index contributed by atoms with van der Waals surface area (Å²) in [5, 5.41) is 2.98. The summed E-state index contributed by atoms with van der Waals surface area (Å²) >= 11 is 1.69. The van der Waals surface area contributed by atoms with Gasteiger partial charge in [-0.05, 0) is 13.3 Å². The third kappa shape index (κ3) is 6.68. The van der Waals surface area contributed by atoms with Crippen LogP contribution in [0.2, 0.25) is 0 Å². The quantitative estimate of drug-likeness (QED) is 0.720. The number of carbonyl (C=O) groups excluding carboxylic acids is 1. The first kappa shape index (κ1) is 14.5. The summed E-state index contributed by atoms with van der Waals surface area (Å²) in [4.78, 5) is 11.1. The number of ketones is 1. The van der Waals surface area contributed by atoms with Crippen LogP contribution in [0.25, 0.3) is 0 Å². The van der Waals surface area contributed by atoms with Gasteiger partial charge in [-0.2, -0.15) is 11.8 Å². The molecule has 0 saturated carbocycles. The Kier molecular flexibility index (Phi) is 13.3. The van der Waals surface area contributed by atoms with Crippen LogP contribution in [0.3, 0.4) is 0 Å². The van der Waals surface area contributed by atoms with Crippen LogP contribution < -0.4 is 5.32 Å². The average Bonchev–Trinajstić information content (AvgIpc) is 2.16. The Hall–Kier alpha value is -0.0200. The lowest BCUT2D eigenvalue weighted by Gasteiger charge is -2.11. The second-order valence-corrected chi connectivity index (χ2v) is 3.03. The molecule has 0 aliphatic heterocycles. The second-order valence-electron chi connectivity index (χ2n) is 2.12. The van der Waals surface area contributed by atoms with Gasteiger partial charge in [-0.15, -0.1) is 0 Å². The van der Waals surface area contributed by atoms with Gasteiger partial charge >= 0.3 is 0 Å². The van der Waals surface area contributed by atoms with Crippen molar-refractivity contribution in [2.75, 3.05) is 19.1 Å². The highest BCUT2D eigenvalue weighted by Crippen LogP contribution is 1.99. The molecule has 0 saturated heterocycles. The number of hydrogen-bond acceptors (Lipinski definition) is 3. The van der Waals surface area contributed by atoms with Gasteiger partial charge in [0, 0.05) is 12.2 Å². The molecular weight excluding hydrogens is 170 g/mol. The fourth-order valence-electron chi connectivity index (χ4n) is 0.750. The lowest BCUT2D eigenvalue weighted by Crippen LogP contribution is -2.35. The van der Waals surface area contributed by atoms with E-state index < -0.39 is 0 Å². The van der Waals surface area contributed by atoms with E-state index in [1.807, 2.05) is 34.1 Å². The van der Waals surface area contributed by atoms with Gasteiger partial charge in [-0.25, -0.2) is 0 Å². The minimum Gasteiger partial charge on any atom is -0.310 e. The van der Waals surface area contributed by atoms with Gasteiger partial charge in [-0.3, -0.25) is 4.79 Å². The summed E-state index contributed by atoms with van der Waals surface area (Å²) in [5.41, 5.74) is 0. The van der Waals surface area contributed by atoms with E-state index in [0.29, 0.717) is 12.2 Å². The maximum Gasteiger partial charge on any atom is 0.150 e. The van der Waals surface area contributed by atoms with E-state index in [1.54, 1.807) is 11.8 Å². The topological polar surface area (TPSA) is 29.1 Å². The molecule has 0 aromatic carbocycles. The van der Waals surface area contributed by atoms with E-state index in [1.165, 1.54) is 0 Å². The fourth-order valence-corrected chi connectivity index (χ4v) is 1.44. The van der Waals surface area contributed by atoms with Gasteiger partial charge in [0.25, 0.3) is 0 Å². The van der Waals surface area contributed by atoms with Gasteiger partial charge in [0.05, 0.1) is 6.04 Å². The van der Waals surface area contributed by atoms with Crippen molar-refractivity contribution < 1.29 is 4.79 Å². The number of rotatable bonds is 5. The first-order valence-electron chi connectivity index (χ1n) is 4.45. The van der Waals surface area contributed by atoms with Crippen molar-refractivity contribution in [3.63, 3.8) is 0 Å². The van der Waals surface area contributed by atoms with E-state index >= 15 is 0 Å². The van der Waals surface area contributed by atoms with Gasteiger partial charge in [0.2, 0.25) is 0 Å². The molecule has 74 valence electrons. The minimum atomic E-state index is 0.0556. The lowest BCUT2D eigenvalue weighted by molar-refractivity contribution is -0.120. The fraction of sp³-hybridized carbons (Fsp3) is 0.889. The Morgan fingerprint density at radius 3 is 2.25 bits per heavy atom. The summed E-state index contributed by atoms with van der Waals surface area (Å²) in [6.45, 7) is 5.90. The predicted molar refractivity (Wildman–Crippen MR) is 57.9 cm³/mol. The normalized spacial score (nSPS) is 11.4. The van der Waals surface area contributed by atoms with E-state index in [0.717, 1.165) is 5.75 Å². The van der Waals surface area contributed by atoms with Crippen LogP contribution >= 0.6 is 11.8 Å². The number of hydrogen-bond donors (Lipinski definition) is 1. The molecule has 1 atom stereocenters. The van der Waals surface area contributed by atoms with Crippen LogP contribution in [0.5, 0.6) is 0 Å². The van der Waals surface area contributed by atoms with E-state index in [4.69, 9.17) is 0 Å². The Balaban J connectivity index is 0. The maximum absolute atomic E-state index is 11.1. The van der Waals surface area contributed by atoms with Crippen molar-refractivity contribution in [1.82, 2.24) is 5.32 Å². The zero-order chi connectivity index (χ0) is 9.98. The molecule has 0 bridgehead atoms. The van der Waals surface area contributed by atoms with Crippen LogP contribution in [0.4, 0.5) is 0 Å². The summed E-state index contributed by atoms with van der Waals surface area (Å²) in [7, 11) is 1.83. The molecule has 3 heteroatoms. The maximum atomic E-state index is 11.1. The van der Waals surface area contributed by atoms with Crippen LogP contribution in [0, 0.1) is 0 Å². The second kappa shape index (κ2) is 11.0. The van der Waals surface area contributed by atoms with Crippen LogP contribution in [-0.2, 0) is 4.79 Å². The largest absolute Gasteiger partial charge is 0.310 e. The van der Waals surface area contributed by atoms with Crippen LogP contribution in [0.15, 0.2) is 0 Å². The van der Waals surface area contributed by atoms with Crippen molar-refractivity contribution in [2.24, 2.45) is 0 Å². The first-order chi connectivity index (χ1) is 5.76. The van der Waals surface area contributed by atoms with E-state index in [-0.39, 0.29) is 6.04 Å². The highest BCUT2D eigenvalue weighted by atomic mass is 32.2. The van der Waals surface area contributed by atoms with E-state index in [2.05, 4.69) is 5.32 Å². The molecule has 0 aromatic rings. The van der Waals surface area contributed by atoms with Crippen molar-refractivity contribution in [3.8, 4) is 0 Å². The third-order valence-corrected chi connectivity index (χ3v) is 2.09. The molecule has 1 N–H and O–H groups in total. The molecular formula is C9H21NOS. The monoisotopic (exact) mass is 191 g/mol. The number of Topliss-reactive ketones (excluding diaryl/α,β-unsaturated/α-hetero) is 1. The average molecular weight is 191 g/mol. The Morgan fingerprint density at radius 1 is 1.50 bits per heavy atom. The molecule has 1 unspecified atom stereocenters. The van der Waals surface area contributed by atoms with Gasteiger partial charge in [0.15, 0.2) is 0 Å². The number of thioether (sulfide) groups is 1. The molecule has 0 rings (SSSR count). The molecule has 0 heterocycles. The van der Waals surface area contributed by atoms with Crippen LogP contribution in [-0.4, -0.2) is 30.9 Å². The number of carbonyl (C=O) groups is 1. The summed E-state index contributed by atoms with van der Waals surface area (Å²) in [6, 6.07) is 0.0556. The molecule has 0 aliphatic rings. The van der Waals surface area contributed by atoms with Crippen molar-refractivity contribution >= 4 is 17.5 Å². The van der Waals surface area contributed by atoms with E-state index in [9.17, 15) is 4.79 Å². The molecule has 0 aromatic heterocycles. The molecule has 0 fully saturated rings. The first-order valence-corrected chi connectivity index (χ1v) is 5.84. The molecule has 0 spiro atoms. The van der Waals surface area contributed by atoms with Crippen molar-refractivity contribution in [3.05, 3.63) is 0 Å². The SMILES string of the molecule is CC.CCC(=O)C(CSC)NC. The highest BCUT2D eigenvalue weighted by molar-refractivity contribution is 7.98. The minimum absolute atomic E-state index is 0.0556. The summed E-state index contributed by atoms with van der Waals surface area (Å²) in [6.07, 6.45) is 2.64. The summed E-state index contributed by atoms with van der Waals surface area (Å²) in [5.74, 6) is 1.18. The smallest absolute Gasteiger partial charge is 0.150 e. The predicted octanol–water partition coefficient (Wildman–Crippen LogP) is 1.94. The Labute approximate surface area is 80.5 Å². The zero-order valence-corrected chi connectivity index (χ0v) is 9.62. The summed E-state index contributed by atoms with van der Waals surface area (Å²) < 4.78 is 0. The van der Waals surface area contributed by atoms with Gasteiger partial charge < -0.3 is 5.32 Å². The number of nitrogens with one attached hydrogen (secondary N) is 1. The molecule has 0 amide bonds. The van der Waals surface area contributed by atoms with Gasteiger partial charge in [-0.1, -0.05) is 20.8 Å². The lowest BCUT2D eigenvalue weighted by atomic mass is 10.2. The zero-order valence-electron chi connectivity index (χ0n) is 8.81. The highest BCUT2D eigenvalue weighted by Gasteiger charge is 2.11. The number of likely N-dealkylation sites (N-methyl/N-ethyl adjacent to an activating group) is 1. The molecule has 0 aliphatic carbocycles. The van der Waals surface area contributed by atoms with Crippen molar-refractivity contribution in [2.45, 2.75) is 33.2 Å². The Morgan fingerprint density at radius 2 is 2.00 bits per heavy atom. The third-order valence-electron chi connectivity index (χ3n) is 1.42. The standard InChI is InChI=1S/C7H15NOS.C2H6/c1-4-7(9)6(8-2)5-10-3;1-2/h6,8H,4-5H2,1-3H3;1-2H3. The van der Waals surface area contributed by atoms with Gasteiger partial charge in [0.1, 0.15) is 5.78 Å². The van der Waals surface area contributed by atoms with Crippen molar-refractivity contribution in [1.29, 1.82) is 0 Å². The molecule has 2 nitrogen and oxygen atoms in total.